The molecule has 0 spiro atoms. The third-order valence-corrected chi connectivity index (χ3v) is 4.40. The fourth-order valence-electron chi connectivity index (χ4n) is 2.88. The van der Waals surface area contributed by atoms with Crippen LogP contribution in [-0.4, -0.2) is 25.5 Å². The van der Waals surface area contributed by atoms with E-state index < -0.39 is 0 Å². The topological polar surface area (TPSA) is 52.6 Å². The fraction of sp³-hybridized carbons (Fsp3) is 0.500. The van der Waals surface area contributed by atoms with Gasteiger partial charge >= 0.3 is 5.97 Å². The minimum absolute atomic E-state index is 0.0340. The Kier molecular flexibility index (Phi) is 3.66. The highest BCUT2D eigenvalue weighted by Gasteiger charge is 2.49. The molecule has 1 fully saturated rings. The van der Waals surface area contributed by atoms with Crippen LogP contribution in [0.1, 0.15) is 29.3 Å². The van der Waals surface area contributed by atoms with Gasteiger partial charge in [0.25, 0.3) is 0 Å². The van der Waals surface area contributed by atoms with E-state index in [-0.39, 0.29) is 23.6 Å². The number of methoxy groups -OCH3 is 1. The van der Waals surface area contributed by atoms with Crippen LogP contribution in [0.25, 0.3) is 0 Å². The molecule has 1 heterocycles. The van der Waals surface area contributed by atoms with Crippen LogP contribution in [0.2, 0.25) is 5.02 Å². The SMILES string of the molecule is COC(=O)[C@H]1CC1C(=O)c1cc(Cl)c2c(c1)CC(C)CO2. The van der Waals surface area contributed by atoms with Crippen LogP contribution in [0.5, 0.6) is 5.75 Å². The molecule has 1 saturated carbocycles. The van der Waals surface area contributed by atoms with E-state index in [9.17, 15) is 9.59 Å². The van der Waals surface area contributed by atoms with Crippen molar-refractivity contribution in [3.63, 3.8) is 0 Å². The largest absolute Gasteiger partial charge is 0.491 e. The smallest absolute Gasteiger partial charge is 0.309 e. The Hall–Kier alpha value is -1.55. The van der Waals surface area contributed by atoms with E-state index in [1.54, 1.807) is 6.07 Å². The number of Topliss-reactive ketones (excluding diaryl/α,β-unsaturated/α-hetero) is 1. The first-order valence-corrected chi connectivity index (χ1v) is 7.46. The lowest BCUT2D eigenvalue weighted by molar-refractivity contribution is -0.142. The van der Waals surface area contributed by atoms with Crippen molar-refractivity contribution in [1.82, 2.24) is 0 Å². The first-order chi connectivity index (χ1) is 10.0. The maximum atomic E-state index is 12.5. The lowest BCUT2D eigenvalue weighted by Gasteiger charge is -2.24. The van der Waals surface area contributed by atoms with Gasteiger partial charge in [0.2, 0.25) is 0 Å². The van der Waals surface area contributed by atoms with Gasteiger partial charge in [-0.2, -0.15) is 0 Å². The molecule has 0 saturated heterocycles. The summed E-state index contributed by atoms with van der Waals surface area (Å²) in [4.78, 5) is 23.9. The molecule has 21 heavy (non-hydrogen) atoms. The number of ether oxygens (including phenoxy) is 2. The molecule has 1 aliphatic carbocycles. The second kappa shape index (κ2) is 5.34. The zero-order chi connectivity index (χ0) is 15.1. The van der Waals surface area contributed by atoms with Crippen LogP contribution < -0.4 is 4.74 Å². The molecular formula is C16H17ClO4. The second-order valence-electron chi connectivity index (χ2n) is 5.90. The lowest BCUT2D eigenvalue weighted by Crippen LogP contribution is -2.19. The van der Waals surface area contributed by atoms with Crippen molar-refractivity contribution in [3.8, 4) is 5.75 Å². The number of carbonyl (C=O) groups excluding carboxylic acids is 2. The molecule has 1 aliphatic heterocycles. The summed E-state index contributed by atoms with van der Waals surface area (Å²) in [6.45, 7) is 2.74. The van der Waals surface area contributed by atoms with Gasteiger partial charge in [0.1, 0.15) is 5.75 Å². The van der Waals surface area contributed by atoms with Gasteiger partial charge in [-0.25, -0.2) is 0 Å². The number of halogens is 1. The van der Waals surface area contributed by atoms with Crippen LogP contribution in [0.15, 0.2) is 12.1 Å². The second-order valence-corrected chi connectivity index (χ2v) is 6.31. The maximum absolute atomic E-state index is 12.5. The molecule has 1 aromatic carbocycles. The molecular weight excluding hydrogens is 292 g/mol. The zero-order valence-corrected chi connectivity index (χ0v) is 12.8. The summed E-state index contributed by atoms with van der Waals surface area (Å²) < 4.78 is 10.3. The molecule has 2 aliphatic rings. The van der Waals surface area contributed by atoms with Crippen molar-refractivity contribution in [2.45, 2.75) is 19.8 Å². The van der Waals surface area contributed by atoms with Crippen molar-refractivity contribution in [1.29, 1.82) is 0 Å². The Bertz CT molecular complexity index is 611. The van der Waals surface area contributed by atoms with E-state index >= 15 is 0 Å². The van der Waals surface area contributed by atoms with E-state index in [1.807, 2.05) is 6.07 Å². The van der Waals surface area contributed by atoms with Crippen molar-refractivity contribution in [3.05, 3.63) is 28.3 Å². The van der Waals surface area contributed by atoms with Gasteiger partial charge in [0, 0.05) is 11.5 Å². The molecule has 0 amide bonds. The van der Waals surface area contributed by atoms with E-state index in [2.05, 4.69) is 11.7 Å². The van der Waals surface area contributed by atoms with Crippen LogP contribution >= 0.6 is 11.6 Å². The Labute approximate surface area is 128 Å². The Morgan fingerprint density at radius 2 is 2.10 bits per heavy atom. The minimum atomic E-state index is -0.311. The molecule has 5 heteroatoms. The quantitative estimate of drug-likeness (QED) is 0.636. The molecule has 3 atom stereocenters. The van der Waals surface area contributed by atoms with Gasteiger partial charge in [0.05, 0.1) is 24.7 Å². The molecule has 112 valence electrons. The molecule has 0 radical (unpaired) electrons. The first-order valence-electron chi connectivity index (χ1n) is 7.08. The van der Waals surface area contributed by atoms with E-state index in [0.717, 1.165) is 12.0 Å². The fourth-order valence-corrected chi connectivity index (χ4v) is 3.17. The summed E-state index contributed by atoms with van der Waals surface area (Å²) >= 11 is 6.22. The molecule has 2 unspecified atom stereocenters. The summed E-state index contributed by atoms with van der Waals surface area (Å²) in [5.41, 5.74) is 1.53. The standard InChI is InChI=1S/C16H17ClO4/c1-8-3-10-4-9(5-13(17)15(10)21-7-8)14(18)11-6-12(11)16(19)20-2/h4-5,8,11-12H,3,6-7H2,1-2H3/t8?,11?,12-/m0/s1. The maximum Gasteiger partial charge on any atom is 0.309 e. The van der Waals surface area contributed by atoms with Gasteiger partial charge < -0.3 is 9.47 Å². The number of hydrogen-bond acceptors (Lipinski definition) is 4. The predicted molar refractivity (Wildman–Crippen MR) is 77.8 cm³/mol. The third kappa shape index (κ3) is 2.64. The van der Waals surface area contributed by atoms with E-state index in [4.69, 9.17) is 16.3 Å². The van der Waals surface area contributed by atoms with Crippen molar-refractivity contribution < 1.29 is 19.1 Å². The summed E-state index contributed by atoms with van der Waals surface area (Å²) in [6, 6.07) is 3.50. The molecule has 0 aromatic heterocycles. The van der Waals surface area contributed by atoms with Gasteiger partial charge in [-0.1, -0.05) is 18.5 Å². The Morgan fingerprint density at radius 1 is 1.33 bits per heavy atom. The third-order valence-electron chi connectivity index (χ3n) is 4.12. The van der Waals surface area contributed by atoms with E-state index in [1.165, 1.54) is 7.11 Å². The normalized spacial score (nSPS) is 26.5. The Balaban J connectivity index is 1.84. The monoisotopic (exact) mass is 308 g/mol. The average Bonchev–Trinajstić information content (AvgIpc) is 3.25. The highest BCUT2D eigenvalue weighted by atomic mass is 35.5. The molecule has 1 aromatic rings. The first kappa shape index (κ1) is 14.4. The van der Waals surface area contributed by atoms with Gasteiger partial charge in [-0.15, -0.1) is 0 Å². The highest BCUT2D eigenvalue weighted by molar-refractivity contribution is 6.32. The molecule has 0 N–H and O–H groups in total. The van der Waals surface area contributed by atoms with E-state index in [0.29, 0.717) is 35.3 Å². The Morgan fingerprint density at radius 3 is 2.81 bits per heavy atom. The number of carbonyl (C=O) groups is 2. The van der Waals surface area contributed by atoms with Crippen LogP contribution in [0.3, 0.4) is 0 Å². The van der Waals surface area contributed by atoms with Crippen LogP contribution in [0.4, 0.5) is 0 Å². The van der Waals surface area contributed by atoms with Crippen LogP contribution in [-0.2, 0) is 16.0 Å². The number of hydrogen-bond donors (Lipinski definition) is 0. The lowest BCUT2D eigenvalue weighted by atomic mass is 9.94. The van der Waals surface area contributed by atoms with Crippen molar-refractivity contribution >= 4 is 23.4 Å². The number of ketones is 1. The number of fused-ring (bicyclic) bond motifs is 1. The summed E-state index contributed by atoms with van der Waals surface area (Å²) in [5, 5.41) is 0.470. The van der Waals surface area contributed by atoms with Gasteiger partial charge in [-0.3, -0.25) is 9.59 Å². The summed E-state index contributed by atoms with van der Waals surface area (Å²) in [7, 11) is 1.34. The summed E-state index contributed by atoms with van der Waals surface area (Å²) in [5.74, 6) is 0.179. The number of esters is 1. The van der Waals surface area contributed by atoms with Gasteiger partial charge in [-0.05, 0) is 36.5 Å². The molecule has 3 rings (SSSR count). The average molecular weight is 309 g/mol. The predicted octanol–water partition coefficient (Wildman–Crippen LogP) is 2.90. The minimum Gasteiger partial charge on any atom is -0.491 e. The molecule has 0 bridgehead atoms. The highest BCUT2D eigenvalue weighted by Crippen LogP contribution is 2.43. The molecule has 4 nitrogen and oxygen atoms in total. The van der Waals surface area contributed by atoms with Crippen molar-refractivity contribution in [2.75, 3.05) is 13.7 Å². The number of rotatable bonds is 3. The van der Waals surface area contributed by atoms with Crippen LogP contribution in [0, 0.1) is 17.8 Å². The van der Waals surface area contributed by atoms with Crippen molar-refractivity contribution in [2.24, 2.45) is 17.8 Å². The number of benzene rings is 1. The van der Waals surface area contributed by atoms with Gasteiger partial charge in [0.15, 0.2) is 5.78 Å². The zero-order valence-electron chi connectivity index (χ0n) is 12.0. The summed E-state index contributed by atoms with van der Waals surface area (Å²) in [6.07, 6.45) is 1.41.